The standard InChI is InChI=1S/C10H11N3O5S/c1-17-12(9(11)19)10(14)18-6-7-2-4-8(5-3-7)13(15)16/h2-5H,6H2,1H3,(H2,11,19). The number of hydroxylamine groups is 2. The summed E-state index contributed by atoms with van der Waals surface area (Å²) in [6, 6.07) is 5.57. The van der Waals surface area contributed by atoms with E-state index in [1.165, 1.54) is 31.4 Å². The molecule has 1 rings (SSSR count). The average Bonchev–Trinajstić information content (AvgIpc) is 2.37. The predicted octanol–water partition coefficient (Wildman–Crippen LogP) is 1.34. The van der Waals surface area contributed by atoms with Crippen molar-refractivity contribution < 1.29 is 19.3 Å². The van der Waals surface area contributed by atoms with Gasteiger partial charge in [-0.05, 0) is 29.9 Å². The fraction of sp³-hybridized carbons (Fsp3) is 0.200. The Morgan fingerprint density at radius 3 is 2.47 bits per heavy atom. The molecule has 0 aromatic heterocycles. The Labute approximate surface area is 113 Å². The maximum Gasteiger partial charge on any atom is 0.441 e. The van der Waals surface area contributed by atoms with Crippen LogP contribution in [0.25, 0.3) is 0 Å². The fourth-order valence-corrected chi connectivity index (χ4v) is 1.32. The maximum atomic E-state index is 11.5. The van der Waals surface area contributed by atoms with Crippen molar-refractivity contribution in [3.63, 3.8) is 0 Å². The van der Waals surface area contributed by atoms with E-state index in [9.17, 15) is 14.9 Å². The Bertz CT molecular complexity index is 490. The van der Waals surface area contributed by atoms with Crippen LogP contribution in [0, 0.1) is 10.1 Å². The number of carbonyl (C=O) groups excluding carboxylic acids is 1. The Balaban J connectivity index is 2.59. The van der Waals surface area contributed by atoms with Gasteiger partial charge in [0.1, 0.15) is 6.61 Å². The zero-order valence-corrected chi connectivity index (χ0v) is 10.8. The van der Waals surface area contributed by atoms with E-state index in [4.69, 9.17) is 10.5 Å². The van der Waals surface area contributed by atoms with Gasteiger partial charge in [0.25, 0.3) is 5.69 Å². The molecule has 0 aliphatic heterocycles. The van der Waals surface area contributed by atoms with Crippen molar-refractivity contribution in [2.45, 2.75) is 6.61 Å². The average molecular weight is 285 g/mol. The normalized spacial score (nSPS) is 9.74. The summed E-state index contributed by atoms with van der Waals surface area (Å²) < 4.78 is 4.87. The van der Waals surface area contributed by atoms with Gasteiger partial charge in [-0.15, -0.1) is 5.06 Å². The van der Waals surface area contributed by atoms with Crippen molar-refractivity contribution in [2.75, 3.05) is 7.11 Å². The van der Waals surface area contributed by atoms with Gasteiger partial charge in [-0.3, -0.25) is 15.0 Å². The summed E-state index contributed by atoms with van der Waals surface area (Å²) in [6.45, 7) is -0.0840. The molecule has 0 saturated carbocycles. The lowest BCUT2D eigenvalue weighted by atomic mass is 10.2. The van der Waals surface area contributed by atoms with Crippen molar-refractivity contribution in [1.82, 2.24) is 5.06 Å². The molecule has 8 nitrogen and oxygen atoms in total. The van der Waals surface area contributed by atoms with Gasteiger partial charge in [0.05, 0.1) is 12.0 Å². The van der Waals surface area contributed by atoms with E-state index in [0.29, 0.717) is 10.6 Å². The Hall–Kier alpha value is -2.26. The Morgan fingerprint density at radius 1 is 1.47 bits per heavy atom. The number of nitro benzene ring substituents is 1. The Morgan fingerprint density at radius 2 is 2.05 bits per heavy atom. The number of thiocarbonyl (C=S) groups is 1. The van der Waals surface area contributed by atoms with Crippen molar-refractivity contribution >= 4 is 29.1 Å². The molecule has 0 spiro atoms. The van der Waals surface area contributed by atoms with Gasteiger partial charge in [-0.25, -0.2) is 4.79 Å². The van der Waals surface area contributed by atoms with Gasteiger partial charge < -0.3 is 10.5 Å². The summed E-state index contributed by atoms with van der Waals surface area (Å²) in [4.78, 5) is 26.0. The van der Waals surface area contributed by atoms with E-state index < -0.39 is 11.0 Å². The molecule has 0 fully saturated rings. The number of benzene rings is 1. The molecule has 0 bridgehead atoms. The topological polar surface area (TPSA) is 108 Å². The summed E-state index contributed by atoms with van der Waals surface area (Å²) >= 11 is 4.57. The van der Waals surface area contributed by atoms with Crippen LogP contribution in [0.4, 0.5) is 10.5 Å². The SMILES string of the molecule is CON(C(=O)OCc1ccc([N+](=O)[O-])cc1)C(N)=S. The third kappa shape index (κ3) is 4.16. The van der Waals surface area contributed by atoms with Gasteiger partial charge in [0.2, 0.25) is 5.11 Å². The highest BCUT2D eigenvalue weighted by Crippen LogP contribution is 2.12. The minimum Gasteiger partial charge on any atom is -0.443 e. The number of nitrogens with two attached hydrogens (primary N) is 1. The van der Waals surface area contributed by atoms with Gasteiger partial charge in [0.15, 0.2) is 0 Å². The number of rotatable bonds is 4. The number of nitrogens with zero attached hydrogens (tertiary/aromatic N) is 2. The molecule has 0 aliphatic carbocycles. The number of hydrogen-bond acceptors (Lipinski definition) is 6. The van der Waals surface area contributed by atoms with Gasteiger partial charge >= 0.3 is 6.09 Å². The first-order valence-electron chi connectivity index (χ1n) is 4.99. The van der Waals surface area contributed by atoms with Crippen LogP contribution in [0.1, 0.15) is 5.56 Å². The first-order chi connectivity index (χ1) is 8.95. The van der Waals surface area contributed by atoms with Crippen LogP contribution >= 0.6 is 12.2 Å². The second kappa shape index (κ2) is 6.61. The predicted molar refractivity (Wildman–Crippen MR) is 68.9 cm³/mol. The highest BCUT2D eigenvalue weighted by molar-refractivity contribution is 7.80. The quantitative estimate of drug-likeness (QED) is 0.505. The summed E-state index contributed by atoms with van der Waals surface area (Å²) in [6.07, 6.45) is -0.867. The zero-order chi connectivity index (χ0) is 14.4. The molecule has 102 valence electrons. The molecule has 1 aromatic rings. The van der Waals surface area contributed by atoms with E-state index in [1.807, 2.05) is 0 Å². The van der Waals surface area contributed by atoms with Crippen LogP contribution < -0.4 is 5.73 Å². The molecule has 19 heavy (non-hydrogen) atoms. The third-order valence-corrected chi connectivity index (χ3v) is 2.22. The van der Waals surface area contributed by atoms with Crippen LogP contribution in [-0.4, -0.2) is 28.3 Å². The minimum absolute atomic E-state index is 0.0447. The van der Waals surface area contributed by atoms with Crippen LogP contribution in [0.3, 0.4) is 0 Å². The molecule has 0 unspecified atom stereocenters. The lowest BCUT2D eigenvalue weighted by Gasteiger charge is -2.16. The largest absolute Gasteiger partial charge is 0.443 e. The maximum absolute atomic E-state index is 11.5. The summed E-state index contributed by atoms with van der Waals surface area (Å²) in [7, 11) is 1.21. The highest BCUT2D eigenvalue weighted by Gasteiger charge is 2.17. The van der Waals surface area contributed by atoms with E-state index in [2.05, 4.69) is 17.1 Å². The molecule has 1 amide bonds. The van der Waals surface area contributed by atoms with E-state index in [0.717, 1.165) is 0 Å². The van der Waals surface area contributed by atoms with Crippen LogP contribution in [0.5, 0.6) is 0 Å². The molecule has 0 radical (unpaired) electrons. The summed E-state index contributed by atoms with van der Waals surface area (Å²) in [5.41, 5.74) is 5.76. The number of amides is 1. The third-order valence-electron chi connectivity index (χ3n) is 2.06. The molecular weight excluding hydrogens is 274 g/mol. The van der Waals surface area contributed by atoms with Gasteiger partial charge in [-0.2, -0.15) is 0 Å². The van der Waals surface area contributed by atoms with Crippen molar-refractivity contribution in [1.29, 1.82) is 0 Å². The monoisotopic (exact) mass is 285 g/mol. The zero-order valence-electron chi connectivity index (χ0n) is 9.94. The molecule has 0 aliphatic rings. The molecule has 2 N–H and O–H groups in total. The van der Waals surface area contributed by atoms with E-state index in [-0.39, 0.29) is 17.4 Å². The van der Waals surface area contributed by atoms with Gasteiger partial charge in [0, 0.05) is 12.1 Å². The second-order valence-electron chi connectivity index (χ2n) is 3.29. The number of hydrogen-bond donors (Lipinski definition) is 1. The second-order valence-corrected chi connectivity index (χ2v) is 3.71. The minimum atomic E-state index is -0.867. The van der Waals surface area contributed by atoms with Crippen molar-refractivity contribution in [2.24, 2.45) is 5.73 Å². The lowest BCUT2D eigenvalue weighted by molar-refractivity contribution is -0.384. The Kier molecular flexibility index (Phi) is 5.15. The number of nitro groups is 1. The van der Waals surface area contributed by atoms with Crippen molar-refractivity contribution in [3.05, 3.63) is 39.9 Å². The first-order valence-corrected chi connectivity index (χ1v) is 5.40. The summed E-state index contributed by atoms with van der Waals surface area (Å²) in [5.74, 6) is 0. The van der Waals surface area contributed by atoms with Crippen LogP contribution in [0.15, 0.2) is 24.3 Å². The number of ether oxygens (including phenoxy) is 1. The molecule has 0 saturated heterocycles. The van der Waals surface area contributed by atoms with Crippen LogP contribution in [0.2, 0.25) is 0 Å². The van der Waals surface area contributed by atoms with Crippen molar-refractivity contribution in [3.8, 4) is 0 Å². The first kappa shape index (κ1) is 14.8. The molecule has 0 heterocycles. The molecular formula is C10H11N3O5S. The van der Waals surface area contributed by atoms with E-state index in [1.54, 1.807) is 0 Å². The number of non-ortho nitro benzene ring substituents is 1. The summed E-state index contributed by atoms with van der Waals surface area (Å²) in [5, 5.41) is 10.8. The highest BCUT2D eigenvalue weighted by atomic mass is 32.1. The lowest BCUT2D eigenvalue weighted by Crippen LogP contribution is -2.39. The van der Waals surface area contributed by atoms with Crippen LogP contribution in [-0.2, 0) is 16.2 Å². The molecule has 9 heteroatoms. The smallest absolute Gasteiger partial charge is 0.441 e. The van der Waals surface area contributed by atoms with E-state index >= 15 is 0 Å². The number of carbonyl (C=O) groups is 1. The fourth-order valence-electron chi connectivity index (χ4n) is 1.17. The molecule has 1 aromatic carbocycles. The van der Waals surface area contributed by atoms with Gasteiger partial charge in [-0.1, -0.05) is 0 Å². The molecule has 0 atom stereocenters.